The molecule has 0 aromatic carbocycles. The third-order valence-corrected chi connectivity index (χ3v) is 4.59. The van der Waals surface area contributed by atoms with Gasteiger partial charge in [0.2, 0.25) is 16.0 Å². The van der Waals surface area contributed by atoms with Crippen LogP contribution in [0.4, 0.5) is 11.8 Å². The molecule has 1 aliphatic rings. The molecule has 0 spiro atoms. The standard InChI is InChI=1S/C12H21N5O2S/c1-3-4-6-14-11-9-5-7-17(20(2,18)19)8-10(9)15-12(13)16-11/h3-8H2,1-2H3,(H3,13,14,15,16). The number of hydrogen-bond donors (Lipinski definition) is 2. The SMILES string of the molecule is CCCCNc1nc(N)nc2c1CCN(S(C)(=O)=O)C2. The molecule has 0 saturated heterocycles. The quantitative estimate of drug-likeness (QED) is 0.772. The maximum Gasteiger partial charge on any atom is 0.222 e. The van der Waals surface area contributed by atoms with Crippen LogP contribution in [0.15, 0.2) is 0 Å². The Labute approximate surface area is 119 Å². The molecular formula is C12H21N5O2S. The third-order valence-electron chi connectivity index (χ3n) is 3.34. The zero-order chi connectivity index (χ0) is 14.8. The Bertz CT molecular complexity index is 588. The van der Waals surface area contributed by atoms with Gasteiger partial charge in [-0.3, -0.25) is 0 Å². The van der Waals surface area contributed by atoms with E-state index in [1.165, 1.54) is 10.6 Å². The minimum atomic E-state index is -3.20. The van der Waals surface area contributed by atoms with Crippen molar-refractivity contribution >= 4 is 21.8 Å². The molecule has 0 bridgehead atoms. The average Bonchev–Trinajstić information content (AvgIpc) is 2.37. The molecule has 3 N–H and O–H groups in total. The molecule has 112 valence electrons. The van der Waals surface area contributed by atoms with E-state index in [9.17, 15) is 8.42 Å². The van der Waals surface area contributed by atoms with Crippen LogP contribution in [0.25, 0.3) is 0 Å². The molecule has 0 atom stereocenters. The first-order valence-corrected chi connectivity index (χ1v) is 8.61. The predicted molar refractivity (Wildman–Crippen MR) is 78.8 cm³/mol. The van der Waals surface area contributed by atoms with Gasteiger partial charge in [-0.25, -0.2) is 13.4 Å². The fraction of sp³-hybridized carbons (Fsp3) is 0.667. The molecule has 0 amide bonds. The van der Waals surface area contributed by atoms with Crippen molar-refractivity contribution in [2.24, 2.45) is 0 Å². The van der Waals surface area contributed by atoms with Gasteiger partial charge in [-0.05, 0) is 12.8 Å². The Morgan fingerprint density at radius 1 is 1.40 bits per heavy atom. The molecule has 0 fully saturated rings. The number of nitrogens with one attached hydrogen (secondary N) is 1. The summed E-state index contributed by atoms with van der Waals surface area (Å²) < 4.78 is 24.6. The molecule has 1 aromatic heterocycles. The topological polar surface area (TPSA) is 101 Å². The highest BCUT2D eigenvalue weighted by molar-refractivity contribution is 7.88. The van der Waals surface area contributed by atoms with E-state index in [0.717, 1.165) is 30.8 Å². The average molecular weight is 299 g/mol. The van der Waals surface area contributed by atoms with Crippen molar-refractivity contribution in [2.45, 2.75) is 32.7 Å². The fourth-order valence-corrected chi connectivity index (χ4v) is 3.02. The van der Waals surface area contributed by atoms with E-state index in [0.29, 0.717) is 18.7 Å². The van der Waals surface area contributed by atoms with Gasteiger partial charge in [0.1, 0.15) is 5.82 Å². The number of nitrogens with zero attached hydrogens (tertiary/aromatic N) is 3. The van der Waals surface area contributed by atoms with Crippen LogP contribution < -0.4 is 11.1 Å². The summed E-state index contributed by atoms with van der Waals surface area (Å²) in [7, 11) is -3.20. The minimum absolute atomic E-state index is 0.179. The number of nitrogen functional groups attached to an aromatic ring is 1. The predicted octanol–water partition coefficient (Wildman–Crippen LogP) is 0.588. The molecule has 20 heavy (non-hydrogen) atoms. The summed E-state index contributed by atoms with van der Waals surface area (Å²) >= 11 is 0. The highest BCUT2D eigenvalue weighted by Gasteiger charge is 2.26. The Hall–Kier alpha value is -1.41. The summed E-state index contributed by atoms with van der Waals surface area (Å²) in [5, 5.41) is 3.27. The maximum absolute atomic E-state index is 11.6. The van der Waals surface area contributed by atoms with E-state index in [1.54, 1.807) is 0 Å². The van der Waals surface area contributed by atoms with Crippen LogP contribution in [-0.2, 0) is 23.0 Å². The van der Waals surface area contributed by atoms with E-state index in [-0.39, 0.29) is 12.5 Å². The summed E-state index contributed by atoms with van der Waals surface area (Å²) in [6.07, 6.45) is 3.96. The van der Waals surface area contributed by atoms with Crippen molar-refractivity contribution in [2.75, 3.05) is 30.4 Å². The van der Waals surface area contributed by atoms with E-state index in [2.05, 4.69) is 22.2 Å². The zero-order valence-electron chi connectivity index (χ0n) is 11.9. The van der Waals surface area contributed by atoms with Crippen molar-refractivity contribution in [3.05, 3.63) is 11.3 Å². The van der Waals surface area contributed by atoms with Gasteiger partial charge in [0, 0.05) is 18.7 Å². The monoisotopic (exact) mass is 299 g/mol. The van der Waals surface area contributed by atoms with Gasteiger partial charge in [0.05, 0.1) is 18.5 Å². The lowest BCUT2D eigenvalue weighted by Gasteiger charge is -2.27. The molecule has 0 saturated carbocycles. The van der Waals surface area contributed by atoms with Gasteiger partial charge in [0.15, 0.2) is 0 Å². The number of unbranched alkanes of at least 4 members (excludes halogenated alkanes) is 1. The molecule has 0 radical (unpaired) electrons. The molecule has 8 heteroatoms. The van der Waals surface area contributed by atoms with Crippen LogP contribution in [-0.4, -0.2) is 42.0 Å². The first-order valence-electron chi connectivity index (χ1n) is 6.76. The highest BCUT2D eigenvalue weighted by atomic mass is 32.2. The first-order chi connectivity index (χ1) is 9.41. The molecular weight excluding hydrogens is 278 g/mol. The van der Waals surface area contributed by atoms with Crippen LogP contribution in [0, 0.1) is 0 Å². The Morgan fingerprint density at radius 3 is 2.80 bits per heavy atom. The van der Waals surface area contributed by atoms with Crippen molar-refractivity contribution in [1.82, 2.24) is 14.3 Å². The number of sulfonamides is 1. The van der Waals surface area contributed by atoms with Crippen molar-refractivity contribution in [1.29, 1.82) is 0 Å². The minimum Gasteiger partial charge on any atom is -0.370 e. The first kappa shape index (κ1) is 15.0. The molecule has 1 aliphatic heterocycles. The van der Waals surface area contributed by atoms with Gasteiger partial charge < -0.3 is 11.1 Å². The van der Waals surface area contributed by atoms with Crippen LogP contribution >= 0.6 is 0 Å². The summed E-state index contributed by atoms with van der Waals surface area (Å²) in [6, 6.07) is 0. The van der Waals surface area contributed by atoms with Gasteiger partial charge in [-0.2, -0.15) is 9.29 Å². The van der Waals surface area contributed by atoms with E-state index in [4.69, 9.17) is 5.73 Å². The Balaban J connectivity index is 2.25. The molecule has 0 unspecified atom stereocenters. The number of hydrogen-bond acceptors (Lipinski definition) is 6. The second-order valence-electron chi connectivity index (χ2n) is 4.98. The van der Waals surface area contributed by atoms with Crippen LogP contribution in [0.5, 0.6) is 0 Å². The second-order valence-corrected chi connectivity index (χ2v) is 6.96. The number of nitrogens with two attached hydrogens (primary N) is 1. The Morgan fingerprint density at radius 2 is 2.15 bits per heavy atom. The summed E-state index contributed by atoms with van der Waals surface area (Å²) in [4.78, 5) is 8.42. The largest absolute Gasteiger partial charge is 0.370 e. The van der Waals surface area contributed by atoms with Gasteiger partial charge in [0.25, 0.3) is 0 Å². The zero-order valence-corrected chi connectivity index (χ0v) is 12.7. The van der Waals surface area contributed by atoms with Crippen LogP contribution in [0.2, 0.25) is 0 Å². The van der Waals surface area contributed by atoms with Crippen molar-refractivity contribution < 1.29 is 8.42 Å². The number of anilines is 2. The smallest absolute Gasteiger partial charge is 0.222 e. The van der Waals surface area contributed by atoms with Crippen LogP contribution in [0.1, 0.15) is 31.0 Å². The number of aromatic nitrogens is 2. The molecule has 1 aromatic rings. The van der Waals surface area contributed by atoms with Crippen LogP contribution in [0.3, 0.4) is 0 Å². The lowest BCUT2D eigenvalue weighted by atomic mass is 10.1. The van der Waals surface area contributed by atoms with Gasteiger partial charge in [-0.15, -0.1) is 0 Å². The van der Waals surface area contributed by atoms with Crippen molar-refractivity contribution in [3.8, 4) is 0 Å². The fourth-order valence-electron chi connectivity index (χ4n) is 2.24. The third kappa shape index (κ3) is 3.37. The molecule has 2 heterocycles. The van der Waals surface area contributed by atoms with E-state index >= 15 is 0 Å². The van der Waals surface area contributed by atoms with Crippen molar-refractivity contribution in [3.63, 3.8) is 0 Å². The maximum atomic E-state index is 11.6. The number of rotatable bonds is 5. The molecule has 2 rings (SSSR count). The van der Waals surface area contributed by atoms with Gasteiger partial charge >= 0.3 is 0 Å². The van der Waals surface area contributed by atoms with E-state index < -0.39 is 10.0 Å². The lowest BCUT2D eigenvalue weighted by molar-refractivity contribution is 0.389. The summed E-state index contributed by atoms with van der Waals surface area (Å²) in [6.45, 7) is 3.68. The Kier molecular flexibility index (Phi) is 4.44. The van der Waals surface area contributed by atoms with E-state index in [1.807, 2.05) is 0 Å². The summed E-state index contributed by atoms with van der Waals surface area (Å²) in [5.41, 5.74) is 7.39. The lowest BCUT2D eigenvalue weighted by Crippen LogP contribution is -2.36. The molecule has 7 nitrogen and oxygen atoms in total. The molecule has 0 aliphatic carbocycles. The number of fused-ring (bicyclic) bond motifs is 1. The second kappa shape index (κ2) is 5.92. The summed E-state index contributed by atoms with van der Waals surface area (Å²) in [5.74, 6) is 0.923. The highest BCUT2D eigenvalue weighted by Crippen LogP contribution is 2.25. The van der Waals surface area contributed by atoms with Gasteiger partial charge in [-0.1, -0.05) is 13.3 Å². The normalized spacial score (nSPS) is 15.9.